The van der Waals surface area contributed by atoms with Crippen molar-refractivity contribution in [1.82, 2.24) is 4.90 Å². The van der Waals surface area contributed by atoms with Crippen molar-refractivity contribution in [2.75, 3.05) is 6.61 Å². The predicted octanol–water partition coefficient (Wildman–Crippen LogP) is 3.33. The minimum absolute atomic E-state index is 0.0316. The zero-order chi connectivity index (χ0) is 14.6. The Morgan fingerprint density at radius 2 is 1.53 bits per heavy atom. The maximum absolute atomic E-state index is 12.2. The third-order valence-corrected chi connectivity index (χ3v) is 2.96. The summed E-state index contributed by atoms with van der Waals surface area (Å²) in [5.41, 5.74) is 2.29. The molecule has 3 nitrogen and oxygen atoms in total. The van der Waals surface area contributed by atoms with Crippen molar-refractivity contribution in [2.45, 2.75) is 53.6 Å². The van der Waals surface area contributed by atoms with Crippen LogP contribution in [0.15, 0.2) is 18.2 Å². The summed E-state index contributed by atoms with van der Waals surface area (Å²) in [5, 5.41) is 0. The summed E-state index contributed by atoms with van der Waals surface area (Å²) >= 11 is 0. The molecule has 0 fully saturated rings. The Morgan fingerprint density at radius 1 is 1.05 bits per heavy atom. The zero-order valence-electron chi connectivity index (χ0n) is 12.9. The number of carbonyl (C=O) groups excluding carboxylic acids is 1. The molecule has 1 amide bonds. The number of amides is 1. The molecule has 0 N–H and O–H groups in total. The first-order chi connectivity index (χ1) is 8.81. The van der Waals surface area contributed by atoms with Gasteiger partial charge in [0.15, 0.2) is 6.61 Å². The molecule has 0 saturated heterocycles. The summed E-state index contributed by atoms with van der Waals surface area (Å²) in [6.45, 7) is 12.2. The summed E-state index contributed by atoms with van der Waals surface area (Å²) in [7, 11) is 0. The lowest BCUT2D eigenvalue weighted by molar-refractivity contribution is -0.136. The molecule has 19 heavy (non-hydrogen) atoms. The zero-order valence-corrected chi connectivity index (χ0v) is 12.9. The summed E-state index contributed by atoms with van der Waals surface area (Å²) in [4.78, 5) is 14.0. The Kier molecular flexibility index (Phi) is 5.40. The maximum Gasteiger partial charge on any atom is 0.260 e. The van der Waals surface area contributed by atoms with Crippen LogP contribution in [0.25, 0.3) is 0 Å². The molecule has 0 unspecified atom stereocenters. The lowest BCUT2D eigenvalue weighted by Crippen LogP contribution is -2.44. The van der Waals surface area contributed by atoms with Crippen LogP contribution in [0.5, 0.6) is 5.75 Å². The smallest absolute Gasteiger partial charge is 0.260 e. The van der Waals surface area contributed by atoms with Gasteiger partial charge in [0.05, 0.1) is 0 Å². The van der Waals surface area contributed by atoms with Gasteiger partial charge in [-0.3, -0.25) is 4.79 Å². The Balaban J connectivity index is 2.67. The average Bonchev–Trinajstić information content (AvgIpc) is 2.23. The van der Waals surface area contributed by atoms with Gasteiger partial charge in [-0.15, -0.1) is 0 Å². The van der Waals surface area contributed by atoms with Crippen LogP contribution in [0, 0.1) is 13.8 Å². The molecule has 3 heteroatoms. The third-order valence-electron chi connectivity index (χ3n) is 2.96. The van der Waals surface area contributed by atoms with E-state index in [9.17, 15) is 4.79 Å². The number of aryl methyl sites for hydroxylation is 2. The van der Waals surface area contributed by atoms with Crippen LogP contribution in [0.4, 0.5) is 0 Å². The van der Waals surface area contributed by atoms with E-state index in [1.54, 1.807) is 0 Å². The van der Waals surface area contributed by atoms with Crippen molar-refractivity contribution < 1.29 is 9.53 Å². The highest BCUT2D eigenvalue weighted by atomic mass is 16.5. The van der Waals surface area contributed by atoms with E-state index < -0.39 is 0 Å². The molecule has 0 bridgehead atoms. The van der Waals surface area contributed by atoms with Crippen LogP contribution in [0.2, 0.25) is 0 Å². The highest BCUT2D eigenvalue weighted by Crippen LogP contribution is 2.16. The first-order valence-electron chi connectivity index (χ1n) is 6.83. The van der Waals surface area contributed by atoms with Crippen LogP contribution in [0.3, 0.4) is 0 Å². The monoisotopic (exact) mass is 263 g/mol. The molecular formula is C16H25NO2. The van der Waals surface area contributed by atoms with Gasteiger partial charge in [0, 0.05) is 12.1 Å². The van der Waals surface area contributed by atoms with Crippen LogP contribution in [0.1, 0.15) is 38.8 Å². The topological polar surface area (TPSA) is 29.5 Å². The Labute approximate surface area is 116 Å². The van der Waals surface area contributed by atoms with Crippen LogP contribution in [-0.2, 0) is 4.79 Å². The number of carbonyl (C=O) groups is 1. The summed E-state index contributed by atoms with van der Waals surface area (Å²) in [6, 6.07) is 6.37. The van der Waals surface area contributed by atoms with Crippen LogP contribution >= 0.6 is 0 Å². The van der Waals surface area contributed by atoms with Gasteiger partial charge in [-0.2, -0.15) is 0 Å². The van der Waals surface area contributed by atoms with E-state index in [1.807, 2.05) is 58.6 Å². The highest BCUT2D eigenvalue weighted by molar-refractivity contribution is 5.78. The first-order valence-corrected chi connectivity index (χ1v) is 6.83. The van der Waals surface area contributed by atoms with Gasteiger partial charge in [0.2, 0.25) is 0 Å². The number of hydrogen-bond acceptors (Lipinski definition) is 2. The van der Waals surface area contributed by atoms with Gasteiger partial charge in [-0.05, 0) is 64.8 Å². The molecule has 0 spiro atoms. The fourth-order valence-electron chi connectivity index (χ4n) is 2.41. The van der Waals surface area contributed by atoms with Gasteiger partial charge in [0.1, 0.15) is 5.75 Å². The second-order valence-electron chi connectivity index (χ2n) is 5.60. The molecule has 0 aliphatic heterocycles. The molecule has 1 aromatic carbocycles. The second kappa shape index (κ2) is 6.60. The molecule has 1 rings (SSSR count). The normalized spacial score (nSPS) is 10.9. The third kappa shape index (κ3) is 4.58. The van der Waals surface area contributed by atoms with E-state index in [-0.39, 0.29) is 24.6 Å². The molecule has 0 atom stereocenters. The lowest BCUT2D eigenvalue weighted by atomic mass is 10.1. The van der Waals surface area contributed by atoms with Crippen molar-refractivity contribution in [3.05, 3.63) is 29.3 Å². The summed E-state index contributed by atoms with van der Waals surface area (Å²) in [5.74, 6) is 0.794. The SMILES string of the molecule is Cc1cc(C)cc(OCC(=O)N(C(C)C)C(C)C)c1. The molecule has 106 valence electrons. The van der Waals surface area contributed by atoms with Crippen molar-refractivity contribution in [3.63, 3.8) is 0 Å². The van der Waals surface area contributed by atoms with Crippen molar-refractivity contribution in [3.8, 4) is 5.75 Å². The molecule has 0 aliphatic rings. The van der Waals surface area contributed by atoms with Gasteiger partial charge in [0.25, 0.3) is 5.91 Å². The van der Waals surface area contributed by atoms with E-state index >= 15 is 0 Å². The number of ether oxygens (including phenoxy) is 1. The molecule has 0 aromatic heterocycles. The fraction of sp³-hybridized carbons (Fsp3) is 0.562. The van der Waals surface area contributed by atoms with Crippen molar-refractivity contribution in [1.29, 1.82) is 0 Å². The maximum atomic E-state index is 12.2. The minimum Gasteiger partial charge on any atom is -0.484 e. The fourth-order valence-corrected chi connectivity index (χ4v) is 2.41. The Morgan fingerprint density at radius 3 is 1.95 bits per heavy atom. The summed E-state index contributed by atoms with van der Waals surface area (Å²) in [6.07, 6.45) is 0. The molecule has 0 saturated carbocycles. The molecule has 0 radical (unpaired) electrons. The largest absolute Gasteiger partial charge is 0.484 e. The number of benzene rings is 1. The Bertz CT molecular complexity index is 410. The number of nitrogens with zero attached hydrogens (tertiary/aromatic N) is 1. The van der Waals surface area contributed by atoms with Crippen LogP contribution in [-0.4, -0.2) is 29.5 Å². The summed E-state index contributed by atoms with van der Waals surface area (Å²) < 4.78 is 5.62. The van der Waals surface area contributed by atoms with Crippen molar-refractivity contribution >= 4 is 5.91 Å². The molecule has 1 aromatic rings. The van der Waals surface area contributed by atoms with Crippen molar-refractivity contribution in [2.24, 2.45) is 0 Å². The molecule has 0 aliphatic carbocycles. The highest BCUT2D eigenvalue weighted by Gasteiger charge is 2.20. The quantitative estimate of drug-likeness (QED) is 0.815. The average molecular weight is 263 g/mol. The van der Waals surface area contributed by atoms with E-state index in [0.29, 0.717) is 0 Å². The van der Waals surface area contributed by atoms with Crippen LogP contribution < -0.4 is 4.74 Å². The number of hydrogen-bond donors (Lipinski definition) is 0. The van der Waals surface area contributed by atoms with E-state index in [0.717, 1.165) is 16.9 Å². The van der Waals surface area contributed by atoms with Gasteiger partial charge < -0.3 is 9.64 Å². The van der Waals surface area contributed by atoms with Gasteiger partial charge in [-0.25, -0.2) is 0 Å². The van der Waals surface area contributed by atoms with E-state index in [4.69, 9.17) is 4.74 Å². The second-order valence-corrected chi connectivity index (χ2v) is 5.60. The lowest BCUT2D eigenvalue weighted by Gasteiger charge is -2.30. The van der Waals surface area contributed by atoms with E-state index in [2.05, 4.69) is 6.07 Å². The predicted molar refractivity (Wildman–Crippen MR) is 78.5 cm³/mol. The minimum atomic E-state index is 0.0316. The standard InChI is InChI=1S/C16H25NO2/c1-11(2)17(12(3)4)16(18)10-19-15-8-13(5)7-14(6)9-15/h7-9,11-12H,10H2,1-6H3. The molecule has 0 heterocycles. The number of rotatable bonds is 5. The van der Waals surface area contributed by atoms with E-state index in [1.165, 1.54) is 0 Å². The van der Waals surface area contributed by atoms with Gasteiger partial charge >= 0.3 is 0 Å². The first kappa shape index (κ1) is 15.5. The van der Waals surface area contributed by atoms with Gasteiger partial charge in [-0.1, -0.05) is 6.07 Å². The molecular weight excluding hydrogens is 238 g/mol. The Hall–Kier alpha value is -1.51.